The fourth-order valence-electron chi connectivity index (χ4n) is 1.95. The topological polar surface area (TPSA) is 58.2 Å². The molecule has 4 nitrogen and oxygen atoms in total. The van der Waals surface area contributed by atoms with Crippen LogP contribution in [-0.2, 0) is 9.59 Å². The lowest BCUT2D eigenvalue weighted by atomic mass is 9.91. The van der Waals surface area contributed by atoms with Gasteiger partial charge in [0.15, 0.2) is 0 Å². The van der Waals surface area contributed by atoms with Gasteiger partial charge in [-0.2, -0.15) is 0 Å². The Bertz CT molecular complexity index is 489. The van der Waals surface area contributed by atoms with Crippen LogP contribution in [0.2, 0.25) is 0 Å². The molecule has 2 amide bonds. The largest absolute Gasteiger partial charge is 0.350 e. The highest BCUT2D eigenvalue weighted by molar-refractivity contribution is 5.88. The van der Waals surface area contributed by atoms with Crippen LogP contribution in [0.25, 0.3) is 0 Å². The van der Waals surface area contributed by atoms with E-state index in [1.807, 2.05) is 52.0 Å². The second-order valence-electron chi connectivity index (χ2n) is 6.33. The molecule has 1 atom stereocenters. The minimum Gasteiger partial charge on any atom is -0.350 e. The summed E-state index contributed by atoms with van der Waals surface area (Å²) in [5.74, 6) is -0.0681. The summed E-state index contributed by atoms with van der Waals surface area (Å²) < 4.78 is 0. The van der Waals surface area contributed by atoms with E-state index in [9.17, 15) is 9.59 Å². The lowest BCUT2D eigenvalue weighted by Crippen LogP contribution is -2.30. The molecule has 0 aliphatic heterocycles. The molecule has 1 rings (SSSR count). The van der Waals surface area contributed by atoms with Gasteiger partial charge in [-0.1, -0.05) is 32.9 Å². The van der Waals surface area contributed by atoms with Gasteiger partial charge in [0.05, 0.1) is 6.04 Å². The van der Waals surface area contributed by atoms with Crippen LogP contribution in [-0.4, -0.2) is 11.8 Å². The van der Waals surface area contributed by atoms with Gasteiger partial charge in [-0.05, 0) is 30.0 Å². The second kappa shape index (κ2) is 6.55. The first-order chi connectivity index (χ1) is 9.17. The zero-order chi connectivity index (χ0) is 15.3. The number of rotatable bonds is 4. The van der Waals surface area contributed by atoms with Crippen molar-refractivity contribution in [3.05, 3.63) is 29.8 Å². The van der Waals surface area contributed by atoms with Crippen LogP contribution in [0.5, 0.6) is 0 Å². The zero-order valence-electron chi connectivity index (χ0n) is 12.9. The Morgan fingerprint density at radius 3 is 2.45 bits per heavy atom. The van der Waals surface area contributed by atoms with Crippen molar-refractivity contribution in [2.45, 2.75) is 47.1 Å². The molecule has 1 unspecified atom stereocenters. The van der Waals surface area contributed by atoms with Crippen molar-refractivity contribution in [1.82, 2.24) is 5.32 Å². The molecular formula is C16H24N2O2. The maximum atomic E-state index is 11.9. The van der Waals surface area contributed by atoms with E-state index in [0.717, 1.165) is 11.3 Å². The minimum absolute atomic E-state index is 0.0260. The summed E-state index contributed by atoms with van der Waals surface area (Å²) in [6, 6.07) is 7.43. The zero-order valence-corrected chi connectivity index (χ0v) is 12.9. The van der Waals surface area contributed by atoms with E-state index in [1.54, 1.807) is 0 Å². The summed E-state index contributed by atoms with van der Waals surface area (Å²) in [5, 5.41) is 5.72. The maximum absolute atomic E-state index is 11.9. The number of carbonyl (C=O) groups is 2. The van der Waals surface area contributed by atoms with Crippen molar-refractivity contribution in [2.24, 2.45) is 5.41 Å². The summed E-state index contributed by atoms with van der Waals surface area (Å²) in [6.45, 7) is 9.52. The van der Waals surface area contributed by atoms with Crippen LogP contribution in [0.15, 0.2) is 24.3 Å². The number of anilines is 1. The van der Waals surface area contributed by atoms with Gasteiger partial charge in [-0.3, -0.25) is 9.59 Å². The highest BCUT2D eigenvalue weighted by atomic mass is 16.2. The fraction of sp³-hybridized carbons (Fsp3) is 0.500. The van der Waals surface area contributed by atoms with E-state index in [4.69, 9.17) is 0 Å². The first kappa shape index (κ1) is 16.2. The lowest BCUT2D eigenvalue weighted by molar-refractivity contribution is -0.123. The minimum atomic E-state index is -0.105. The quantitative estimate of drug-likeness (QED) is 0.886. The average molecular weight is 276 g/mol. The molecule has 0 spiro atoms. The molecule has 1 aromatic carbocycles. The van der Waals surface area contributed by atoms with Crippen molar-refractivity contribution < 1.29 is 9.59 Å². The smallest absolute Gasteiger partial charge is 0.221 e. The number of benzene rings is 1. The van der Waals surface area contributed by atoms with E-state index in [-0.39, 0.29) is 23.3 Å². The standard InChI is InChI=1S/C16H24N2O2/c1-11(17-15(20)10-16(3,4)5)13-7-6-8-14(9-13)18-12(2)19/h6-9,11H,10H2,1-5H3,(H,17,20)(H,18,19). The average Bonchev–Trinajstić information content (AvgIpc) is 2.25. The maximum Gasteiger partial charge on any atom is 0.221 e. The molecule has 0 fully saturated rings. The van der Waals surface area contributed by atoms with Gasteiger partial charge < -0.3 is 10.6 Å². The summed E-state index contributed by atoms with van der Waals surface area (Å²) >= 11 is 0. The Balaban J connectivity index is 2.70. The third-order valence-corrected chi connectivity index (χ3v) is 2.78. The number of hydrogen-bond acceptors (Lipinski definition) is 2. The third kappa shape index (κ3) is 5.87. The number of nitrogens with one attached hydrogen (secondary N) is 2. The predicted molar refractivity (Wildman–Crippen MR) is 81.4 cm³/mol. The molecule has 20 heavy (non-hydrogen) atoms. The van der Waals surface area contributed by atoms with Crippen LogP contribution in [0.1, 0.15) is 52.6 Å². The normalized spacial score (nSPS) is 12.7. The SMILES string of the molecule is CC(=O)Nc1cccc(C(C)NC(=O)CC(C)(C)C)c1. The number of carbonyl (C=O) groups excluding carboxylic acids is 2. The molecule has 0 heterocycles. The molecule has 0 aromatic heterocycles. The Hall–Kier alpha value is -1.84. The van der Waals surface area contributed by atoms with Gasteiger partial charge in [0.1, 0.15) is 0 Å². The lowest BCUT2D eigenvalue weighted by Gasteiger charge is -2.20. The van der Waals surface area contributed by atoms with Crippen LogP contribution >= 0.6 is 0 Å². The summed E-state index contributed by atoms with van der Waals surface area (Å²) in [6.07, 6.45) is 0.489. The molecule has 110 valence electrons. The van der Waals surface area contributed by atoms with E-state index in [1.165, 1.54) is 6.92 Å². The molecule has 0 radical (unpaired) electrons. The summed E-state index contributed by atoms with van der Waals surface area (Å²) in [7, 11) is 0. The van der Waals surface area contributed by atoms with E-state index < -0.39 is 0 Å². The van der Waals surface area contributed by atoms with Gasteiger partial charge >= 0.3 is 0 Å². The number of amides is 2. The van der Waals surface area contributed by atoms with Crippen LogP contribution < -0.4 is 10.6 Å². The Labute approximate surface area is 121 Å². The molecule has 2 N–H and O–H groups in total. The van der Waals surface area contributed by atoms with Gasteiger partial charge in [-0.25, -0.2) is 0 Å². The van der Waals surface area contributed by atoms with Gasteiger partial charge in [0.2, 0.25) is 11.8 Å². The van der Waals surface area contributed by atoms with Crippen molar-refractivity contribution in [3.63, 3.8) is 0 Å². The van der Waals surface area contributed by atoms with Gasteiger partial charge in [-0.15, -0.1) is 0 Å². The molecule has 0 bridgehead atoms. The highest BCUT2D eigenvalue weighted by Crippen LogP contribution is 2.21. The first-order valence-electron chi connectivity index (χ1n) is 6.84. The molecule has 0 aliphatic carbocycles. The van der Waals surface area contributed by atoms with Gasteiger partial charge in [0, 0.05) is 19.0 Å². The summed E-state index contributed by atoms with van der Waals surface area (Å²) in [5.41, 5.74) is 1.69. The van der Waals surface area contributed by atoms with Crippen molar-refractivity contribution >= 4 is 17.5 Å². The molecule has 0 saturated heterocycles. The van der Waals surface area contributed by atoms with E-state index in [0.29, 0.717) is 6.42 Å². The van der Waals surface area contributed by atoms with Crippen molar-refractivity contribution in [3.8, 4) is 0 Å². The van der Waals surface area contributed by atoms with E-state index in [2.05, 4.69) is 10.6 Å². The monoisotopic (exact) mass is 276 g/mol. The Kier molecular flexibility index (Phi) is 5.31. The van der Waals surface area contributed by atoms with E-state index >= 15 is 0 Å². The molecule has 0 aliphatic rings. The number of hydrogen-bond donors (Lipinski definition) is 2. The molecular weight excluding hydrogens is 252 g/mol. The molecule has 4 heteroatoms. The van der Waals surface area contributed by atoms with Crippen LogP contribution in [0.3, 0.4) is 0 Å². The van der Waals surface area contributed by atoms with Crippen molar-refractivity contribution in [2.75, 3.05) is 5.32 Å². The van der Waals surface area contributed by atoms with Crippen molar-refractivity contribution in [1.29, 1.82) is 0 Å². The summed E-state index contributed by atoms with van der Waals surface area (Å²) in [4.78, 5) is 23.0. The Morgan fingerprint density at radius 1 is 1.25 bits per heavy atom. The van der Waals surface area contributed by atoms with Gasteiger partial charge in [0.25, 0.3) is 0 Å². The fourth-order valence-corrected chi connectivity index (χ4v) is 1.95. The second-order valence-corrected chi connectivity index (χ2v) is 6.33. The first-order valence-corrected chi connectivity index (χ1v) is 6.84. The van der Waals surface area contributed by atoms with Crippen LogP contribution in [0.4, 0.5) is 5.69 Å². The predicted octanol–water partition coefficient (Wildman–Crippen LogP) is 3.26. The molecule has 0 saturated carbocycles. The highest BCUT2D eigenvalue weighted by Gasteiger charge is 2.17. The Morgan fingerprint density at radius 2 is 1.90 bits per heavy atom. The third-order valence-electron chi connectivity index (χ3n) is 2.78. The van der Waals surface area contributed by atoms with Crippen LogP contribution in [0, 0.1) is 5.41 Å². The molecule has 1 aromatic rings.